The van der Waals surface area contributed by atoms with Crippen LogP contribution in [0.15, 0.2) is 60.2 Å². The lowest BCUT2D eigenvalue weighted by molar-refractivity contribution is -0.122. The summed E-state index contributed by atoms with van der Waals surface area (Å²) in [7, 11) is 1.49. The van der Waals surface area contributed by atoms with Crippen LogP contribution < -0.4 is 19.7 Å². The Labute approximate surface area is 237 Å². The van der Waals surface area contributed by atoms with E-state index in [4.69, 9.17) is 32.7 Å². The third kappa shape index (κ3) is 5.92. The van der Waals surface area contributed by atoms with Gasteiger partial charge in [0.25, 0.3) is 11.8 Å². The standard InChI is InChI=1S/C27H21Cl2IN2O5/c1-3-15-4-8-19(9-5-15)32-26(34)20(25(33)31-27(32)35)10-16-11-22(30)24(23(12-16)36-2)37-14-17-6-7-18(28)13-21(17)29/h4-13H,3,14H2,1-2H3,(H,31,33,35)/b20-10-. The summed E-state index contributed by atoms with van der Waals surface area (Å²) >= 11 is 14.3. The largest absolute Gasteiger partial charge is 0.493 e. The van der Waals surface area contributed by atoms with Crippen LogP contribution in [0.2, 0.25) is 10.0 Å². The summed E-state index contributed by atoms with van der Waals surface area (Å²) < 4.78 is 12.2. The van der Waals surface area contributed by atoms with Crippen molar-refractivity contribution in [2.75, 3.05) is 12.0 Å². The third-order valence-corrected chi connectivity index (χ3v) is 7.04. The molecule has 3 aromatic rings. The van der Waals surface area contributed by atoms with Crippen molar-refractivity contribution < 1.29 is 23.9 Å². The molecule has 0 spiro atoms. The molecule has 37 heavy (non-hydrogen) atoms. The van der Waals surface area contributed by atoms with E-state index in [1.165, 1.54) is 13.2 Å². The second kappa shape index (κ2) is 11.5. The molecule has 190 valence electrons. The van der Waals surface area contributed by atoms with E-state index < -0.39 is 17.8 Å². The molecule has 4 amide bonds. The maximum absolute atomic E-state index is 13.2. The Kier molecular flexibility index (Phi) is 8.41. The van der Waals surface area contributed by atoms with E-state index in [-0.39, 0.29) is 12.2 Å². The summed E-state index contributed by atoms with van der Waals surface area (Å²) in [6.07, 6.45) is 2.24. The summed E-state index contributed by atoms with van der Waals surface area (Å²) in [5.41, 5.74) is 2.51. The van der Waals surface area contributed by atoms with Gasteiger partial charge in [-0.3, -0.25) is 14.9 Å². The minimum atomic E-state index is -0.798. The fourth-order valence-electron chi connectivity index (χ4n) is 3.69. The van der Waals surface area contributed by atoms with E-state index >= 15 is 0 Å². The highest BCUT2D eigenvalue weighted by atomic mass is 127. The van der Waals surface area contributed by atoms with Crippen LogP contribution >= 0.6 is 45.8 Å². The highest BCUT2D eigenvalue weighted by Gasteiger charge is 2.36. The third-order valence-electron chi connectivity index (χ3n) is 5.65. The van der Waals surface area contributed by atoms with Gasteiger partial charge >= 0.3 is 6.03 Å². The van der Waals surface area contributed by atoms with Gasteiger partial charge in [-0.25, -0.2) is 9.69 Å². The molecule has 0 atom stereocenters. The number of anilines is 1. The Morgan fingerprint density at radius 1 is 1.03 bits per heavy atom. The lowest BCUT2D eigenvalue weighted by Gasteiger charge is -2.26. The van der Waals surface area contributed by atoms with Crippen LogP contribution in [0.3, 0.4) is 0 Å². The van der Waals surface area contributed by atoms with Gasteiger partial charge < -0.3 is 9.47 Å². The van der Waals surface area contributed by atoms with Crippen LogP contribution in [-0.2, 0) is 22.6 Å². The first-order chi connectivity index (χ1) is 17.7. The molecule has 10 heteroatoms. The topological polar surface area (TPSA) is 84.9 Å². The average molecular weight is 651 g/mol. The van der Waals surface area contributed by atoms with Crippen LogP contribution in [0.1, 0.15) is 23.6 Å². The first-order valence-corrected chi connectivity index (χ1v) is 13.0. The number of barbiturate groups is 1. The number of carbonyl (C=O) groups excluding carboxylic acids is 3. The number of nitrogens with zero attached hydrogens (tertiary/aromatic N) is 1. The number of hydrogen-bond acceptors (Lipinski definition) is 5. The van der Waals surface area contributed by atoms with Gasteiger partial charge in [0.1, 0.15) is 12.2 Å². The number of nitrogens with one attached hydrogen (secondary N) is 1. The van der Waals surface area contributed by atoms with Crippen molar-refractivity contribution >= 4 is 75.4 Å². The zero-order chi connectivity index (χ0) is 26.7. The molecular formula is C27H21Cl2IN2O5. The number of urea groups is 1. The van der Waals surface area contributed by atoms with Crippen molar-refractivity contribution in [3.05, 3.63) is 90.5 Å². The minimum Gasteiger partial charge on any atom is -0.493 e. The molecule has 1 heterocycles. The number of amides is 4. The Bertz CT molecular complexity index is 1420. The Hall–Kier alpha value is -3.08. The quantitative estimate of drug-likeness (QED) is 0.181. The van der Waals surface area contributed by atoms with Crippen molar-refractivity contribution in [2.24, 2.45) is 0 Å². The Morgan fingerprint density at radius 2 is 1.76 bits per heavy atom. The number of methoxy groups -OCH3 is 1. The van der Waals surface area contributed by atoms with Crippen molar-refractivity contribution in [3.8, 4) is 11.5 Å². The molecule has 1 aliphatic heterocycles. The van der Waals surface area contributed by atoms with Gasteiger partial charge in [-0.05, 0) is 82.6 Å². The van der Waals surface area contributed by atoms with E-state index in [1.54, 1.807) is 42.5 Å². The first kappa shape index (κ1) is 27.0. The molecule has 7 nitrogen and oxygen atoms in total. The van der Waals surface area contributed by atoms with Crippen molar-refractivity contribution in [1.82, 2.24) is 5.32 Å². The fraction of sp³-hybridized carbons (Fsp3) is 0.148. The molecule has 0 aliphatic carbocycles. The molecule has 0 bridgehead atoms. The summed E-state index contributed by atoms with van der Waals surface area (Å²) in [4.78, 5) is 39.3. The van der Waals surface area contributed by atoms with E-state index in [0.717, 1.165) is 22.4 Å². The number of aryl methyl sites for hydroxylation is 1. The van der Waals surface area contributed by atoms with Crippen molar-refractivity contribution in [2.45, 2.75) is 20.0 Å². The maximum atomic E-state index is 13.2. The predicted octanol–water partition coefficient (Wildman–Crippen LogP) is 6.41. The monoisotopic (exact) mass is 650 g/mol. The molecule has 0 aromatic heterocycles. The molecule has 3 aromatic carbocycles. The number of halogens is 3. The number of carbonyl (C=O) groups is 3. The smallest absolute Gasteiger partial charge is 0.335 e. The zero-order valence-corrected chi connectivity index (χ0v) is 23.5. The van der Waals surface area contributed by atoms with E-state index in [1.807, 2.05) is 19.1 Å². The molecule has 1 aliphatic rings. The molecular weight excluding hydrogens is 630 g/mol. The number of imide groups is 2. The molecule has 0 unspecified atom stereocenters. The number of rotatable bonds is 7. The van der Waals surface area contributed by atoms with E-state index in [9.17, 15) is 14.4 Å². The Balaban J connectivity index is 1.63. The number of hydrogen-bond donors (Lipinski definition) is 1. The zero-order valence-electron chi connectivity index (χ0n) is 19.8. The number of benzene rings is 3. The van der Waals surface area contributed by atoms with Crippen LogP contribution in [0.5, 0.6) is 11.5 Å². The van der Waals surface area contributed by atoms with E-state index in [2.05, 4.69) is 27.9 Å². The molecule has 1 fully saturated rings. The Morgan fingerprint density at radius 3 is 2.41 bits per heavy atom. The molecule has 0 radical (unpaired) electrons. The van der Waals surface area contributed by atoms with E-state index in [0.29, 0.717) is 36.4 Å². The van der Waals surface area contributed by atoms with Gasteiger partial charge in [0.15, 0.2) is 11.5 Å². The highest BCUT2D eigenvalue weighted by Crippen LogP contribution is 2.36. The highest BCUT2D eigenvalue weighted by molar-refractivity contribution is 14.1. The number of ether oxygens (including phenoxy) is 2. The van der Waals surface area contributed by atoms with Crippen molar-refractivity contribution in [1.29, 1.82) is 0 Å². The normalized spacial score (nSPS) is 14.7. The summed E-state index contributed by atoms with van der Waals surface area (Å²) in [5, 5.41) is 3.24. The predicted molar refractivity (Wildman–Crippen MR) is 151 cm³/mol. The van der Waals surface area contributed by atoms with Gasteiger partial charge in [-0.1, -0.05) is 48.3 Å². The summed E-state index contributed by atoms with van der Waals surface area (Å²) in [5.74, 6) is -0.619. The SMILES string of the molecule is CCc1ccc(N2C(=O)NC(=O)/C(=C/c3cc(I)c(OCc4ccc(Cl)cc4Cl)c(OC)c3)C2=O)cc1. The van der Waals surface area contributed by atoms with Crippen LogP contribution in [-0.4, -0.2) is 25.0 Å². The van der Waals surface area contributed by atoms with Gasteiger partial charge in [0, 0.05) is 15.6 Å². The van der Waals surface area contributed by atoms with Gasteiger partial charge in [-0.2, -0.15) is 0 Å². The maximum Gasteiger partial charge on any atom is 0.335 e. The fourth-order valence-corrected chi connectivity index (χ4v) is 4.94. The molecule has 4 rings (SSSR count). The molecule has 1 saturated heterocycles. The van der Waals surface area contributed by atoms with Crippen LogP contribution in [0.4, 0.5) is 10.5 Å². The molecule has 1 N–H and O–H groups in total. The van der Waals surface area contributed by atoms with Gasteiger partial charge in [0.2, 0.25) is 0 Å². The first-order valence-electron chi connectivity index (χ1n) is 11.2. The van der Waals surface area contributed by atoms with Gasteiger partial charge in [-0.15, -0.1) is 0 Å². The molecule has 0 saturated carbocycles. The summed E-state index contributed by atoms with van der Waals surface area (Å²) in [6.45, 7) is 2.18. The van der Waals surface area contributed by atoms with Crippen LogP contribution in [0.25, 0.3) is 6.08 Å². The lowest BCUT2D eigenvalue weighted by Crippen LogP contribution is -2.54. The second-order valence-electron chi connectivity index (χ2n) is 8.04. The van der Waals surface area contributed by atoms with Crippen molar-refractivity contribution in [3.63, 3.8) is 0 Å². The minimum absolute atomic E-state index is 0.178. The lowest BCUT2D eigenvalue weighted by atomic mass is 10.1. The van der Waals surface area contributed by atoms with Crippen LogP contribution in [0, 0.1) is 3.57 Å². The average Bonchev–Trinajstić information content (AvgIpc) is 2.87. The summed E-state index contributed by atoms with van der Waals surface area (Å²) in [6, 6.07) is 14.7. The second-order valence-corrected chi connectivity index (χ2v) is 10.0. The van der Waals surface area contributed by atoms with Gasteiger partial charge in [0.05, 0.1) is 16.4 Å².